The van der Waals surface area contributed by atoms with E-state index < -0.39 is 17.9 Å². The minimum atomic E-state index is -1.02. The third-order valence-electron chi connectivity index (χ3n) is 2.26. The lowest BCUT2D eigenvalue weighted by Gasteiger charge is -2.12. The zero-order valence-electron chi connectivity index (χ0n) is 9.28. The molecular weight excluding hydrogens is 210 g/mol. The lowest BCUT2D eigenvalue weighted by Crippen LogP contribution is -2.40. The number of nitrogens with zero attached hydrogens (tertiary/aromatic N) is 1. The van der Waals surface area contributed by atoms with Crippen LogP contribution >= 0.6 is 0 Å². The lowest BCUT2D eigenvalue weighted by atomic mass is 10.1. The first kappa shape index (κ1) is 12.2. The van der Waals surface area contributed by atoms with E-state index in [0.717, 1.165) is 0 Å². The number of amides is 1. The van der Waals surface area contributed by atoms with Gasteiger partial charge in [-0.3, -0.25) is 9.89 Å². The van der Waals surface area contributed by atoms with E-state index in [0.29, 0.717) is 24.1 Å². The van der Waals surface area contributed by atoms with E-state index in [1.165, 1.54) is 6.20 Å². The summed E-state index contributed by atoms with van der Waals surface area (Å²) in [6, 6.07) is -0.841. The van der Waals surface area contributed by atoms with Gasteiger partial charge in [0.1, 0.15) is 6.04 Å². The standard InChI is InChI=1S/C10H15N3O3/c1-3-4-8(10(15)16)12-9(14)7-5-11-13-6(7)2/h5,8H,3-4H2,1-2H3,(H,11,13)(H,12,14)(H,15,16). The van der Waals surface area contributed by atoms with E-state index in [9.17, 15) is 9.59 Å². The van der Waals surface area contributed by atoms with Gasteiger partial charge in [-0.25, -0.2) is 4.79 Å². The highest BCUT2D eigenvalue weighted by molar-refractivity contribution is 5.97. The van der Waals surface area contributed by atoms with Crippen LogP contribution in [-0.2, 0) is 4.79 Å². The van der Waals surface area contributed by atoms with Crippen molar-refractivity contribution in [2.75, 3.05) is 0 Å². The SMILES string of the molecule is CCCC(NC(=O)c1cn[nH]c1C)C(=O)O. The molecule has 6 heteroatoms. The first-order valence-electron chi connectivity index (χ1n) is 5.10. The monoisotopic (exact) mass is 225 g/mol. The number of carboxylic acid groups (broad SMARTS) is 1. The van der Waals surface area contributed by atoms with Crippen LogP contribution in [0.5, 0.6) is 0 Å². The van der Waals surface area contributed by atoms with Crippen LogP contribution in [0.4, 0.5) is 0 Å². The maximum Gasteiger partial charge on any atom is 0.326 e. The summed E-state index contributed by atoms with van der Waals surface area (Å²) < 4.78 is 0. The Kier molecular flexibility index (Phi) is 4.04. The number of aryl methyl sites for hydroxylation is 1. The molecule has 0 aliphatic rings. The van der Waals surface area contributed by atoms with Gasteiger partial charge in [-0.2, -0.15) is 5.10 Å². The van der Waals surface area contributed by atoms with Crippen molar-refractivity contribution < 1.29 is 14.7 Å². The van der Waals surface area contributed by atoms with Gasteiger partial charge in [-0.15, -0.1) is 0 Å². The largest absolute Gasteiger partial charge is 0.480 e. The molecule has 1 rings (SSSR count). The minimum absolute atomic E-state index is 0.377. The van der Waals surface area contributed by atoms with Gasteiger partial charge in [0.05, 0.1) is 11.8 Å². The molecule has 0 aromatic carbocycles. The molecule has 0 saturated heterocycles. The molecule has 3 N–H and O–H groups in total. The highest BCUT2D eigenvalue weighted by Gasteiger charge is 2.20. The van der Waals surface area contributed by atoms with Crippen LogP contribution in [0.3, 0.4) is 0 Å². The van der Waals surface area contributed by atoms with Crippen LogP contribution in [0.15, 0.2) is 6.20 Å². The maximum atomic E-state index is 11.7. The number of carbonyl (C=O) groups excluding carboxylic acids is 1. The summed E-state index contributed by atoms with van der Waals surface area (Å²) in [7, 11) is 0. The molecule has 1 atom stereocenters. The second-order valence-electron chi connectivity index (χ2n) is 3.56. The summed E-state index contributed by atoms with van der Waals surface area (Å²) in [5.74, 6) is -1.43. The van der Waals surface area contributed by atoms with Gasteiger partial charge in [0.15, 0.2) is 0 Å². The van der Waals surface area contributed by atoms with Crippen LogP contribution in [0.2, 0.25) is 0 Å². The fourth-order valence-electron chi connectivity index (χ4n) is 1.36. The Morgan fingerprint density at radius 1 is 1.62 bits per heavy atom. The van der Waals surface area contributed by atoms with Crippen molar-refractivity contribution in [2.24, 2.45) is 0 Å². The van der Waals surface area contributed by atoms with E-state index >= 15 is 0 Å². The van der Waals surface area contributed by atoms with Crippen molar-refractivity contribution in [3.05, 3.63) is 17.5 Å². The molecule has 1 aromatic rings. The Morgan fingerprint density at radius 3 is 2.75 bits per heavy atom. The molecule has 0 bridgehead atoms. The molecule has 6 nitrogen and oxygen atoms in total. The Morgan fingerprint density at radius 2 is 2.31 bits per heavy atom. The summed E-state index contributed by atoms with van der Waals surface area (Å²) in [5, 5.41) is 17.7. The van der Waals surface area contributed by atoms with E-state index in [2.05, 4.69) is 15.5 Å². The maximum absolute atomic E-state index is 11.7. The highest BCUT2D eigenvalue weighted by atomic mass is 16.4. The highest BCUT2D eigenvalue weighted by Crippen LogP contribution is 2.04. The predicted octanol–water partition coefficient (Wildman–Crippen LogP) is 0.701. The molecule has 1 amide bonds. The van der Waals surface area contributed by atoms with Crippen LogP contribution < -0.4 is 5.32 Å². The fourth-order valence-corrected chi connectivity index (χ4v) is 1.36. The van der Waals surface area contributed by atoms with Gasteiger partial charge in [-0.1, -0.05) is 13.3 Å². The molecule has 16 heavy (non-hydrogen) atoms. The van der Waals surface area contributed by atoms with Crippen LogP contribution in [0.1, 0.15) is 35.8 Å². The van der Waals surface area contributed by atoms with Crippen molar-refractivity contribution in [1.82, 2.24) is 15.5 Å². The normalized spacial score (nSPS) is 12.1. The summed E-state index contributed by atoms with van der Waals surface area (Å²) in [4.78, 5) is 22.5. The molecule has 88 valence electrons. The number of aromatic nitrogens is 2. The summed E-state index contributed by atoms with van der Waals surface area (Å²) in [6.07, 6.45) is 2.50. The van der Waals surface area contributed by atoms with E-state index in [1.54, 1.807) is 6.92 Å². The summed E-state index contributed by atoms with van der Waals surface area (Å²) >= 11 is 0. The van der Waals surface area contributed by atoms with Crippen LogP contribution in [0.25, 0.3) is 0 Å². The lowest BCUT2D eigenvalue weighted by molar-refractivity contribution is -0.139. The van der Waals surface area contributed by atoms with E-state index in [-0.39, 0.29) is 0 Å². The molecule has 0 spiro atoms. The number of aromatic amines is 1. The van der Waals surface area contributed by atoms with Crippen molar-refractivity contribution >= 4 is 11.9 Å². The third kappa shape index (κ3) is 2.82. The number of hydrogen-bond donors (Lipinski definition) is 3. The molecule has 1 aromatic heterocycles. The van der Waals surface area contributed by atoms with Gasteiger partial charge in [0, 0.05) is 5.69 Å². The van der Waals surface area contributed by atoms with Crippen molar-refractivity contribution in [3.8, 4) is 0 Å². The smallest absolute Gasteiger partial charge is 0.326 e. The Bertz CT molecular complexity index is 386. The molecule has 0 aliphatic carbocycles. The number of nitrogens with one attached hydrogen (secondary N) is 2. The van der Waals surface area contributed by atoms with Crippen molar-refractivity contribution in [3.63, 3.8) is 0 Å². The average Bonchev–Trinajstić information content (AvgIpc) is 2.63. The fraction of sp³-hybridized carbons (Fsp3) is 0.500. The second kappa shape index (κ2) is 5.29. The number of carboxylic acids is 1. The number of aliphatic carboxylic acids is 1. The Balaban J connectivity index is 2.69. The minimum Gasteiger partial charge on any atom is -0.480 e. The van der Waals surface area contributed by atoms with Gasteiger partial charge in [0.2, 0.25) is 0 Å². The number of rotatable bonds is 5. The van der Waals surface area contributed by atoms with E-state index in [1.807, 2.05) is 6.92 Å². The van der Waals surface area contributed by atoms with Gasteiger partial charge < -0.3 is 10.4 Å². The summed E-state index contributed by atoms with van der Waals surface area (Å²) in [6.45, 7) is 3.57. The van der Waals surface area contributed by atoms with Crippen molar-refractivity contribution in [1.29, 1.82) is 0 Å². The first-order valence-corrected chi connectivity index (χ1v) is 5.10. The van der Waals surface area contributed by atoms with Gasteiger partial charge >= 0.3 is 5.97 Å². The predicted molar refractivity (Wildman–Crippen MR) is 57.1 cm³/mol. The zero-order chi connectivity index (χ0) is 12.1. The van der Waals surface area contributed by atoms with Crippen LogP contribution in [-0.4, -0.2) is 33.2 Å². The van der Waals surface area contributed by atoms with Crippen molar-refractivity contribution in [2.45, 2.75) is 32.7 Å². The average molecular weight is 225 g/mol. The molecule has 0 saturated carbocycles. The Labute approximate surface area is 93.1 Å². The number of carbonyl (C=O) groups is 2. The molecule has 0 radical (unpaired) electrons. The third-order valence-corrected chi connectivity index (χ3v) is 2.26. The van der Waals surface area contributed by atoms with Crippen LogP contribution in [0, 0.1) is 6.92 Å². The quantitative estimate of drug-likeness (QED) is 0.687. The zero-order valence-corrected chi connectivity index (χ0v) is 9.28. The Hall–Kier alpha value is -1.85. The summed E-state index contributed by atoms with van der Waals surface area (Å²) in [5.41, 5.74) is 1.00. The second-order valence-corrected chi connectivity index (χ2v) is 3.56. The van der Waals surface area contributed by atoms with Gasteiger partial charge in [0.25, 0.3) is 5.91 Å². The number of H-pyrrole nitrogens is 1. The number of hydrogen-bond acceptors (Lipinski definition) is 3. The first-order chi connectivity index (χ1) is 7.56. The molecule has 1 unspecified atom stereocenters. The molecule has 0 aliphatic heterocycles. The van der Waals surface area contributed by atoms with E-state index in [4.69, 9.17) is 5.11 Å². The van der Waals surface area contributed by atoms with Gasteiger partial charge in [-0.05, 0) is 13.3 Å². The topological polar surface area (TPSA) is 95.1 Å². The molecule has 1 heterocycles. The molecule has 0 fully saturated rings. The molecular formula is C10H15N3O3.